The molecule has 29 heavy (non-hydrogen) atoms. The Hall–Kier alpha value is -3.05. The zero-order chi connectivity index (χ0) is 20.1. The molecule has 0 aliphatic carbocycles. The highest BCUT2D eigenvalue weighted by molar-refractivity contribution is 7.99. The van der Waals surface area contributed by atoms with E-state index in [4.69, 9.17) is 4.42 Å². The summed E-state index contributed by atoms with van der Waals surface area (Å²) in [6.45, 7) is 2.08. The molecule has 0 unspecified atom stereocenters. The molecule has 4 rings (SSSR count). The summed E-state index contributed by atoms with van der Waals surface area (Å²) in [6, 6.07) is 23.7. The van der Waals surface area contributed by atoms with Gasteiger partial charge in [0.2, 0.25) is 11.8 Å². The fraction of sp³-hybridized carbons (Fsp3) is 0.167. The van der Waals surface area contributed by atoms with Gasteiger partial charge in [-0.05, 0) is 61.6 Å². The molecule has 0 saturated carbocycles. The van der Waals surface area contributed by atoms with Gasteiger partial charge in [-0.2, -0.15) is 0 Å². The molecule has 0 aliphatic heterocycles. The third-order valence-corrected chi connectivity index (χ3v) is 5.62. The first kappa shape index (κ1) is 19.3. The zero-order valence-corrected chi connectivity index (χ0v) is 17.0. The van der Waals surface area contributed by atoms with Crippen molar-refractivity contribution in [2.75, 3.05) is 11.1 Å². The summed E-state index contributed by atoms with van der Waals surface area (Å²) in [5.41, 5.74) is 4.43. The predicted octanol–water partition coefficient (Wildman–Crippen LogP) is 6.31. The standard InChI is InChI=1S/C24H22N2O2S/c1-17-11-13-20(14-12-17)29-15-5-10-23(27)25-19-7-4-6-18(16-19)24-26-21-8-2-3-9-22(21)28-24/h2-4,6-9,11-14,16H,5,10,15H2,1H3,(H,25,27). The highest BCUT2D eigenvalue weighted by Gasteiger charge is 2.09. The van der Waals surface area contributed by atoms with Gasteiger partial charge in [-0.3, -0.25) is 4.79 Å². The molecular weight excluding hydrogens is 380 g/mol. The van der Waals surface area contributed by atoms with Crippen LogP contribution in [-0.2, 0) is 4.79 Å². The van der Waals surface area contributed by atoms with Crippen LogP contribution in [0.1, 0.15) is 18.4 Å². The lowest BCUT2D eigenvalue weighted by Crippen LogP contribution is -2.11. The molecule has 0 atom stereocenters. The van der Waals surface area contributed by atoms with Gasteiger partial charge in [0, 0.05) is 22.6 Å². The number of anilines is 1. The Bertz CT molecular complexity index is 1090. The maximum atomic E-state index is 12.3. The number of carbonyl (C=O) groups excluding carboxylic acids is 1. The molecule has 0 spiro atoms. The van der Waals surface area contributed by atoms with E-state index in [1.807, 2.05) is 48.5 Å². The van der Waals surface area contributed by atoms with Crippen molar-refractivity contribution >= 4 is 34.5 Å². The van der Waals surface area contributed by atoms with Gasteiger partial charge in [0.1, 0.15) is 5.52 Å². The van der Waals surface area contributed by atoms with E-state index in [-0.39, 0.29) is 5.91 Å². The number of para-hydroxylation sites is 2. The van der Waals surface area contributed by atoms with Crippen LogP contribution in [0.15, 0.2) is 82.1 Å². The van der Waals surface area contributed by atoms with Crippen LogP contribution in [0.4, 0.5) is 5.69 Å². The molecule has 0 fully saturated rings. The van der Waals surface area contributed by atoms with Crippen molar-refractivity contribution in [2.24, 2.45) is 0 Å². The molecule has 5 heteroatoms. The Morgan fingerprint density at radius 1 is 1.03 bits per heavy atom. The summed E-state index contributed by atoms with van der Waals surface area (Å²) in [5, 5.41) is 2.97. The van der Waals surface area contributed by atoms with Gasteiger partial charge in [0.25, 0.3) is 0 Å². The summed E-state index contributed by atoms with van der Waals surface area (Å²) >= 11 is 1.78. The lowest BCUT2D eigenvalue weighted by molar-refractivity contribution is -0.116. The fourth-order valence-corrected chi connectivity index (χ4v) is 3.86. The van der Waals surface area contributed by atoms with Gasteiger partial charge in [0.15, 0.2) is 5.58 Å². The first-order valence-electron chi connectivity index (χ1n) is 9.63. The number of benzene rings is 3. The maximum Gasteiger partial charge on any atom is 0.227 e. The molecule has 0 bridgehead atoms. The Morgan fingerprint density at radius 3 is 2.69 bits per heavy atom. The van der Waals surface area contributed by atoms with Crippen LogP contribution in [0.25, 0.3) is 22.6 Å². The molecule has 0 saturated heterocycles. The van der Waals surface area contributed by atoms with Crippen molar-refractivity contribution in [3.63, 3.8) is 0 Å². The number of hydrogen-bond donors (Lipinski definition) is 1. The average Bonchev–Trinajstić information content (AvgIpc) is 3.17. The van der Waals surface area contributed by atoms with E-state index < -0.39 is 0 Å². The van der Waals surface area contributed by atoms with Crippen LogP contribution >= 0.6 is 11.8 Å². The van der Waals surface area contributed by atoms with Crippen LogP contribution in [0.3, 0.4) is 0 Å². The molecule has 4 nitrogen and oxygen atoms in total. The minimum atomic E-state index is 0.0178. The molecule has 1 heterocycles. The number of aryl methyl sites for hydroxylation is 1. The second kappa shape index (κ2) is 8.97. The van der Waals surface area contributed by atoms with Crippen LogP contribution < -0.4 is 5.32 Å². The Balaban J connectivity index is 1.31. The number of oxazole rings is 1. The van der Waals surface area contributed by atoms with Crippen LogP contribution in [-0.4, -0.2) is 16.6 Å². The lowest BCUT2D eigenvalue weighted by atomic mass is 10.2. The number of rotatable bonds is 7. The van der Waals surface area contributed by atoms with Crippen molar-refractivity contribution in [3.8, 4) is 11.5 Å². The highest BCUT2D eigenvalue weighted by atomic mass is 32.2. The van der Waals surface area contributed by atoms with E-state index >= 15 is 0 Å². The number of thioether (sulfide) groups is 1. The molecule has 0 aliphatic rings. The van der Waals surface area contributed by atoms with E-state index in [1.165, 1.54) is 10.5 Å². The zero-order valence-electron chi connectivity index (χ0n) is 16.2. The minimum Gasteiger partial charge on any atom is -0.436 e. The monoisotopic (exact) mass is 402 g/mol. The topological polar surface area (TPSA) is 55.1 Å². The molecule has 4 aromatic rings. The molecule has 1 N–H and O–H groups in total. The number of aromatic nitrogens is 1. The number of nitrogens with one attached hydrogen (secondary N) is 1. The van der Waals surface area contributed by atoms with Gasteiger partial charge in [0.05, 0.1) is 0 Å². The molecular formula is C24H22N2O2S. The molecule has 3 aromatic carbocycles. The highest BCUT2D eigenvalue weighted by Crippen LogP contribution is 2.26. The van der Waals surface area contributed by atoms with E-state index in [2.05, 4.69) is 41.5 Å². The van der Waals surface area contributed by atoms with Crippen molar-refractivity contribution < 1.29 is 9.21 Å². The second-order valence-corrected chi connectivity index (χ2v) is 8.05. The summed E-state index contributed by atoms with van der Waals surface area (Å²) in [5.74, 6) is 1.49. The normalized spacial score (nSPS) is 10.9. The van der Waals surface area contributed by atoms with Gasteiger partial charge in [-0.15, -0.1) is 11.8 Å². The van der Waals surface area contributed by atoms with Gasteiger partial charge in [-0.1, -0.05) is 35.9 Å². The number of fused-ring (bicyclic) bond motifs is 1. The van der Waals surface area contributed by atoms with Crippen molar-refractivity contribution in [3.05, 3.63) is 78.4 Å². The third-order valence-electron chi connectivity index (χ3n) is 4.53. The van der Waals surface area contributed by atoms with Gasteiger partial charge >= 0.3 is 0 Å². The Morgan fingerprint density at radius 2 is 1.86 bits per heavy atom. The molecule has 0 radical (unpaired) electrons. The first-order chi connectivity index (χ1) is 14.2. The quantitative estimate of drug-likeness (QED) is 0.290. The van der Waals surface area contributed by atoms with Crippen molar-refractivity contribution in [1.29, 1.82) is 0 Å². The summed E-state index contributed by atoms with van der Waals surface area (Å²) in [4.78, 5) is 18.1. The lowest BCUT2D eigenvalue weighted by Gasteiger charge is -2.06. The number of amides is 1. The van der Waals surface area contributed by atoms with Crippen molar-refractivity contribution in [1.82, 2.24) is 4.98 Å². The predicted molar refractivity (Wildman–Crippen MR) is 119 cm³/mol. The Kier molecular flexibility index (Phi) is 5.96. The fourth-order valence-electron chi connectivity index (χ4n) is 3.01. The Labute approximate surface area is 174 Å². The molecule has 146 valence electrons. The number of carbonyl (C=O) groups is 1. The molecule has 1 aromatic heterocycles. The van der Waals surface area contributed by atoms with Crippen LogP contribution in [0.5, 0.6) is 0 Å². The minimum absolute atomic E-state index is 0.0178. The average molecular weight is 403 g/mol. The third kappa shape index (κ3) is 5.06. The maximum absolute atomic E-state index is 12.3. The SMILES string of the molecule is Cc1ccc(SCCCC(=O)Nc2cccc(-c3nc4ccccc4o3)c2)cc1. The second-order valence-electron chi connectivity index (χ2n) is 6.88. The molecule has 1 amide bonds. The van der Waals surface area contributed by atoms with Crippen LogP contribution in [0, 0.1) is 6.92 Å². The number of hydrogen-bond acceptors (Lipinski definition) is 4. The smallest absolute Gasteiger partial charge is 0.227 e. The largest absolute Gasteiger partial charge is 0.436 e. The van der Waals surface area contributed by atoms with Crippen LogP contribution in [0.2, 0.25) is 0 Å². The first-order valence-corrected chi connectivity index (χ1v) is 10.6. The van der Waals surface area contributed by atoms with E-state index in [1.54, 1.807) is 11.8 Å². The summed E-state index contributed by atoms with van der Waals surface area (Å²) in [6.07, 6.45) is 1.32. The van der Waals surface area contributed by atoms with Gasteiger partial charge in [-0.25, -0.2) is 4.98 Å². The number of nitrogens with zero attached hydrogens (tertiary/aromatic N) is 1. The summed E-state index contributed by atoms with van der Waals surface area (Å²) in [7, 11) is 0. The van der Waals surface area contributed by atoms with Crippen molar-refractivity contribution in [2.45, 2.75) is 24.7 Å². The van der Waals surface area contributed by atoms with E-state index in [0.29, 0.717) is 12.3 Å². The van der Waals surface area contributed by atoms with Gasteiger partial charge < -0.3 is 9.73 Å². The van der Waals surface area contributed by atoms with E-state index in [9.17, 15) is 4.79 Å². The summed E-state index contributed by atoms with van der Waals surface area (Å²) < 4.78 is 5.82. The van der Waals surface area contributed by atoms with E-state index in [0.717, 1.165) is 34.5 Å².